The lowest BCUT2D eigenvalue weighted by atomic mass is 9.96. The highest BCUT2D eigenvalue weighted by Gasteiger charge is 2.17. The van der Waals surface area contributed by atoms with Crippen molar-refractivity contribution < 1.29 is 9.90 Å². The maximum atomic E-state index is 10.7. The first-order valence-corrected chi connectivity index (χ1v) is 9.80. The fourth-order valence-electron chi connectivity index (χ4n) is 3.32. The minimum atomic E-state index is -1.26. The molecule has 0 fully saturated rings. The smallest absolute Gasteiger partial charge is 0.410 e. The van der Waals surface area contributed by atoms with E-state index in [1.165, 1.54) is 0 Å². The molecule has 2 heterocycles. The van der Waals surface area contributed by atoms with Crippen molar-refractivity contribution in [1.29, 1.82) is 5.41 Å². The van der Waals surface area contributed by atoms with Gasteiger partial charge in [0.05, 0.1) is 0 Å². The van der Waals surface area contributed by atoms with E-state index in [9.17, 15) is 4.79 Å². The second-order valence-corrected chi connectivity index (χ2v) is 7.28. The van der Waals surface area contributed by atoms with E-state index in [4.69, 9.17) is 22.1 Å². The largest absolute Gasteiger partial charge is 0.465 e. The van der Waals surface area contributed by atoms with E-state index >= 15 is 0 Å². The Morgan fingerprint density at radius 3 is 2.32 bits per heavy atom. The molecule has 7 nitrogen and oxygen atoms in total. The van der Waals surface area contributed by atoms with Crippen molar-refractivity contribution in [2.75, 3.05) is 0 Å². The number of nitrogens with zero attached hydrogens (tertiary/aromatic N) is 2. The van der Waals surface area contributed by atoms with E-state index in [-0.39, 0.29) is 5.84 Å². The Labute approximate surface area is 183 Å². The Balaban J connectivity index is 1.68. The molecule has 2 aromatic heterocycles. The predicted octanol–water partition coefficient (Wildman–Crippen LogP) is 4.98. The van der Waals surface area contributed by atoms with Crippen LogP contribution in [-0.4, -0.2) is 32.2 Å². The number of pyridine rings is 1. The number of hydrogen-bond acceptors (Lipinski definition) is 4. The first-order valence-electron chi connectivity index (χ1n) is 9.42. The van der Waals surface area contributed by atoms with Crippen LogP contribution in [0.5, 0.6) is 0 Å². The summed E-state index contributed by atoms with van der Waals surface area (Å²) < 4.78 is 0. The van der Waals surface area contributed by atoms with E-state index in [1.54, 1.807) is 24.5 Å². The van der Waals surface area contributed by atoms with Gasteiger partial charge in [-0.3, -0.25) is 20.8 Å². The average molecular weight is 432 g/mol. The summed E-state index contributed by atoms with van der Waals surface area (Å²) in [7, 11) is 0. The topological polar surface area (TPSA) is 115 Å². The number of aromatic amines is 1. The van der Waals surface area contributed by atoms with Gasteiger partial charge >= 0.3 is 6.09 Å². The first-order chi connectivity index (χ1) is 15.0. The van der Waals surface area contributed by atoms with Gasteiger partial charge in [0.1, 0.15) is 11.5 Å². The molecule has 0 aliphatic rings. The van der Waals surface area contributed by atoms with Gasteiger partial charge in [0.2, 0.25) is 0 Å². The number of hydrogen-bond donors (Lipinski definition) is 4. The summed E-state index contributed by atoms with van der Waals surface area (Å²) in [5.41, 5.74) is 6.16. The standard InChI is InChI=1S/C23H18ClN5O2/c24-18-7-5-16(6-8-18)21-20(15-9-11-26-12-10-15)19(28-29-21)13-14-1-3-17(4-2-14)22(25)27-23(30)31/h1-12H,13H2,(H2,25,27)(H,28,29)(H,30,31). The van der Waals surface area contributed by atoms with Crippen molar-refractivity contribution in [3.63, 3.8) is 0 Å². The van der Waals surface area contributed by atoms with Crippen LogP contribution < -0.4 is 5.32 Å². The van der Waals surface area contributed by atoms with Crippen LogP contribution in [0.4, 0.5) is 4.79 Å². The average Bonchev–Trinajstić information content (AvgIpc) is 3.18. The summed E-state index contributed by atoms with van der Waals surface area (Å²) in [5, 5.41) is 27.0. The van der Waals surface area contributed by atoms with Crippen molar-refractivity contribution in [3.8, 4) is 22.4 Å². The van der Waals surface area contributed by atoms with E-state index in [2.05, 4.69) is 20.5 Å². The fourth-order valence-corrected chi connectivity index (χ4v) is 3.45. The number of carbonyl (C=O) groups is 1. The van der Waals surface area contributed by atoms with Crippen LogP contribution in [0.2, 0.25) is 5.02 Å². The molecule has 0 radical (unpaired) electrons. The molecule has 4 aromatic rings. The van der Waals surface area contributed by atoms with Gasteiger partial charge in [0, 0.05) is 46.2 Å². The molecule has 4 N–H and O–H groups in total. The summed E-state index contributed by atoms with van der Waals surface area (Å²) >= 11 is 6.04. The van der Waals surface area contributed by atoms with E-state index in [0.717, 1.165) is 33.6 Å². The van der Waals surface area contributed by atoms with Crippen molar-refractivity contribution in [2.45, 2.75) is 6.42 Å². The van der Waals surface area contributed by atoms with Crippen LogP contribution >= 0.6 is 11.6 Å². The number of H-pyrrole nitrogens is 1. The zero-order chi connectivity index (χ0) is 21.8. The predicted molar refractivity (Wildman–Crippen MR) is 120 cm³/mol. The van der Waals surface area contributed by atoms with Crippen molar-refractivity contribution in [2.24, 2.45) is 0 Å². The number of aromatic nitrogens is 3. The highest BCUT2D eigenvalue weighted by molar-refractivity contribution is 6.30. The molecule has 0 unspecified atom stereocenters. The number of halogens is 1. The number of carboxylic acid groups (broad SMARTS) is 1. The van der Waals surface area contributed by atoms with Crippen molar-refractivity contribution >= 4 is 23.5 Å². The van der Waals surface area contributed by atoms with Crippen LogP contribution in [0.25, 0.3) is 22.4 Å². The summed E-state index contributed by atoms with van der Waals surface area (Å²) in [4.78, 5) is 14.8. The molecule has 0 saturated carbocycles. The van der Waals surface area contributed by atoms with Crippen LogP contribution in [-0.2, 0) is 6.42 Å². The molecule has 0 spiro atoms. The third-order valence-electron chi connectivity index (χ3n) is 4.78. The van der Waals surface area contributed by atoms with E-state index in [1.807, 2.05) is 48.5 Å². The van der Waals surface area contributed by atoms with E-state index < -0.39 is 6.09 Å². The Hall–Kier alpha value is -3.97. The third-order valence-corrected chi connectivity index (χ3v) is 5.04. The second kappa shape index (κ2) is 8.81. The van der Waals surface area contributed by atoms with Gasteiger partial charge < -0.3 is 5.11 Å². The van der Waals surface area contributed by atoms with Gasteiger partial charge in [0.15, 0.2) is 0 Å². The maximum absolute atomic E-state index is 10.7. The normalized spacial score (nSPS) is 10.6. The Kier molecular flexibility index (Phi) is 5.77. The monoisotopic (exact) mass is 431 g/mol. The lowest BCUT2D eigenvalue weighted by Gasteiger charge is -2.08. The van der Waals surface area contributed by atoms with Gasteiger partial charge in [0.25, 0.3) is 0 Å². The molecule has 8 heteroatoms. The SMILES string of the molecule is N=C(NC(=O)O)c1ccc(Cc2[nH]nc(-c3ccc(Cl)cc3)c2-c2ccncc2)cc1. The molecule has 0 atom stereocenters. The number of amides is 1. The summed E-state index contributed by atoms with van der Waals surface area (Å²) in [5.74, 6) is -0.164. The number of benzene rings is 2. The minimum Gasteiger partial charge on any atom is -0.465 e. The van der Waals surface area contributed by atoms with Crippen LogP contribution in [0.1, 0.15) is 16.8 Å². The van der Waals surface area contributed by atoms with Gasteiger partial charge in [-0.25, -0.2) is 4.79 Å². The summed E-state index contributed by atoms with van der Waals surface area (Å²) in [6, 6.07) is 18.6. The van der Waals surface area contributed by atoms with Crippen LogP contribution in [0, 0.1) is 5.41 Å². The molecule has 0 aliphatic carbocycles. The molecule has 0 saturated heterocycles. The second-order valence-electron chi connectivity index (χ2n) is 6.85. The Bertz CT molecular complexity index is 1220. The molecule has 31 heavy (non-hydrogen) atoms. The highest BCUT2D eigenvalue weighted by Crippen LogP contribution is 2.34. The van der Waals surface area contributed by atoms with Crippen LogP contribution in [0.3, 0.4) is 0 Å². The fraction of sp³-hybridized carbons (Fsp3) is 0.0435. The number of rotatable bonds is 5. The van der Waals surface area contributed by atoms with Crippen molar-refractivity contribution in [3.05, 3.63) is 94.9 Å². The number of nitrogens with one attached hydrogen (secondary N) is 3. The summed E-state index contributed by atoms with van der Waals surface area (Å²) in [6.07, 6.45) is 2.81. The summed E-state index contributed by atoms with van der Waals surface area (Å²) in [6.45, 7) is 0. The quantitative estimate of drug-likeness (QED) is 0.263. The Morgan fingerprint density at radius 1 is 1.00 bits per heavy atom. The molecular weight excluding hydrogens is 414 g/mol. The van der Waals surface area contributed by atoms with Gasteiger partial charge in [-0.15, -0.1) is 0 Å². The zero-order valence-electron chi connectivity index (χ0n) is 16.3. The lowest BCUT2D eigenvalue weighted by molar-refractivity contribution is 0.200. The maximum Gasteiger partial charge on any atom is 0.410 e. The molecule has 1 amide bonds. The van der Waals surface area contributed by atoms with Gasteiger partial charge in [-0.1, -0.05) is 48.0 Å². The molecule has 2 aromatic carbocycles. The zero-order valence-corrected chi connectivity index (χ0v) is 17.0. The molecule has 154 valence electrons. The lowest BCUT2D eigenvalue weighted by Crippen LogP contribution is -2.28. The molecule has 0 bridgehead atoms. The Morgan fingerprint density at radius 2 is 1.68 bits per heavy atom. The molecule has 4 rings (SSSR count). The third kappa shape index (κ3) is 4.62. The molecule has 0 aliphatic heterocycles. The van der Waals surface area contributed by atoms with Gasteiger partial charge in [-0.05, 0) is 35.4 Å². The van der Waals surface area contributed by atoms with Gasteiger partial charge in [-0.2, -0.15) is 5.10 Å². The van der Waals surface area contributed by atoms with E-state index in [0.29, 0.717) is 17.0 Å². The molecular formula is C23H18ClN5O2. The number of amidine groups is 1. The minimum absolute atomic E-state index is 0.164. The first kappa shape index (κ1) is 20.3. The highest BCUT2D eigenvalue weighted by atomic mass is 35.5. The van der Waals surface area contributed by atoms with Crippen molar-refractivity contribution in [1.82, 2.24) is 20.5 Å². The van der Waals surface area contributed by atoms with Crippen LogP contribution in [0.15, 0.2) is 73.1 Å².